The third kappa shape index (κ3) is 3.24. The summed E-state index contributed by atoms with van der Waals surface area (Å²) in [6, 6.07) is 7.53. The van der Waals surface area contributed by atoms with Crippen LogP contribution in [0.1, 0.15) is 30.5 Å². The number of carbonyl (C=O) groups is 1. The van der Waals surface area contributed by atoms with Gasteiger partial charge in [0.05, 0.1) is 5.02 Å². The zero-order valence-electron chi connectivity index (χ0n) is 13.9. The number of oxazole rings is 1. The first-order valence-corrected chi connectivity index (χ1v) is 8.93. The molecule has 0 spiro atoms. The summed E-state index contributed by atoms with van der Waals surface area (Å²) in [7, 11) is 0. The van der Waals surface area contributed by atoms with E-state index in [1.54, 1.807) is 18.2 Å². The number of aromatic nitrogens is 1. The Morgan fingerprint density at radius 3 is 2.84 bits per heavy atom. The van der Waals surface area contributed by atoms with Gasteiger partial charge in [0.2, 0.25) is 0 Å². The fourth-order valence-electron chi connectivity index (χ4n) is 3.81. The number of benzene rings is 1. The van der Waals surface area contributed by atoms with Crippen LogP contribution in [0.5, 0.6) is 11.7 Å². The molecule has 132 valence electrons. The first kappa shape index (κ1) is 16.4. The Kier molecular flexibility index (Phi) is 4.39. The molecule has 3 saturated heterocycles. The summed E-state index contributed by atoms with van der Waals surface area (Å²) in [4.78, 5) is 19.0. The molecule has 25 heavy (non-hydrogen) atoms. The Hall–Kier alpha value is -2.05. The monoisotopic (exact) mass is 361 g/mol. The van der Waals surface area contributed by atoms with Crippen molar-refractivity contribution in [2.75, 3.05) is 13.1 Å². The number of nitrogens with zero attached hydrogens (tertiary/aromatic N) is 2. The molecule has 7 heteroatoms. The average Bonchev–Trinajstić information content (AvgIpc) is 3.09. The van der Waals surface area contributed by atoms with Gasteiger partial charge in [-0.15, -0.1) is 0 Å². The largest absolute Gasteiger partial charge is 0.423 e. The minimum absolute atomic E-state index is 0.00528. The van der Waals surface area contributed by atoms with Gasteiger partial charge in [-0.3, -0.25) is 9.69 Å². The second-order valence-electron chi connectivity index (χ2n) is 6.63. The molecular weight excluding hydrogens is 342 g/mol. The lowest BCUT2D eigenvalue weighted by molar-refractivity contribution is 0.0209. The van der Waals surface area contributed by atoms with E-state index in [9.17, 15) is 4.79 Å². The van der Waals surface area contributed by atoms with Crippen LogP contribution in [0, 0.1) is 5.92 Å². The predicted molar refractivity (Wildman–Crippen MR) is 93.0 cm³/mol. The normalized spacial score (nSPS) is 27.9. The summed E-state index contributed by atoms with van der Waals surface area (Å²) in [6.45, 7) is 4.40. The summed E-state index contributed by atoms with van der Waals surface area (Å²) in [5, 5.41) is 3.55. The van der Waals surface area contributed by atoms with Gasteiger partial charge < -0.3 is 14.5 Å². The SMILES string of the molecule is CC1C(NC(=O)c2ncc(Oc3ccccc3Cl)o2)C2CCN1CC2. The molecule has 0 radical (unpaired) electrons. The van der Waals surface area contributed by atoms with E-state index in [1.165, 1.54) is 6.20 Å². The molecule has 0 aliphatic carbocycles. The molecule has 1 N–H and O–H groups in total. The minimum Gasteiger partial charge on any atom is -0.423 e. The Balaban J connectivity index is 1.43. The first-order valence-electron chi connectivity index (χ1n) is 8.55. The van der Waals surface area contributed by atoms with Crippen molar-refractivity contribution in [2.24, 2.45) is 5.92 Å². The van der Waals surface area contributed by atoms with Gasteiger partial charge in [-0.2, -0.15) is 0 Å². The van der Waals surface area contributed by atoms with Gasteiger partial charge in [-0.25, -0.2) is 4.98 Å². The van der Waals surface area contributed by atoms with Crippen LogP contribution < -0.4 is 10.1 Å². The number of para-hydroxylation sites is 1. The average molecular weight is 362 g/mol. The highest BCUT2D eigenvalue weighted by atomic mass is 35.5. The van der Waals surface area contributed by atoms with E-state index in [4.69, 9.17) is 20.8 Å². The number of carbonyl (C=O) groups excluding carboxylic acids is 1. The maximum absolute atomic E-state index is 12.5. The van der Waals surface area contributed by atoms with Crippen molar-refractivity contribution in [1.82, 2.24) is 15.2 Å². The number of ether oxygens (including phenoxy) is 1. The number of halogens is 1. The molecule has 2 unspecified atom stereocenters. The summed E-state index contributed by atoms with van der Waals surface area (Å²) in [5.74, 6) is 0.821. The molecule has 0 saturated carbocycles. The highest BCUT2D eigenvalue weighted by Gasteiger charge is 2.40. The van der Waals surface area contributed by atoms with Crippen LogP contribution >= 0.6 is 11.6 Å². The van der Waals surface area contributed by atoms with E-state index in [0.717, 1.165) is 25.9 Å². The van der Waals surface area contributed by atoms with Crippen LogP contribution in [-0.2, 0) is 0 Å². The van der Waals surface area contributed by atoms with Gasteiger partial charge in [-0.05, 0) is 50.9 Å². The maximum atomic E-state index is 12.5. The summed E-state index contributed by atoms with van der Waals surface area (Å²) in [5.41, 5.74) is 0. The van der Waals surface area contributed by atoms with Gasteiger partial charge in [0.25, 0.3) is 5.89 Å². The zero-order chi connectivity index (χ0) is 17.4. The van der Waals surface area contributed by atoms with Crippen molar-refractivity contribution in [3.05, 3.63) is 41.4 Å². The number of hydrogen-bond donors (Lipinski definition) is 1. The van der Waals surface area contributed by atoms with Crippen LogP contribution in [0.25, 0.3) is 0 Å². The lowest BCUT2D eigenvalue weighted by Crippen LogP contribution is -2.62. The second kappa shape index (κ2) is 6.69. The van der Waals surface area contributed by atoms with Gasteiger partial charge >= 0.3 is 11.9 Å². The first-order chi connectivity index (χ1) is 12.1. The number of hydrogen-bond acceptors (Lipinski definition) is 5. The predicted octanol–water partition coefficient (Wildman–Crippen LogP) is 3.33. The Labute approximate surface area is 151 Å². The number of piperidine rings is 3. The third-order valence-electron chi connectivity index (χ3n) is 5.20. The van der Waals surface area contributed by atoms with E-state index in [1.807, 2.05) is 6.07 Å². The summed E-state index contributed by atoms with van der Waals surface area (Å²) in [6.07, 6.45) is 3.64. The molecule has 2 aromatic rings. The lowest BCUT2D eigenvalue weighted by Gasteiger charge is -2.49. The van der Waals surface area contributed by atoms with Crippen LogP contribution in [0.3, 0.4) is 0 Å². The van der Waals surface area contributed by atoms with Gasteiger partial charge in [0.15, 0.2) is 0 Å². The fourth-order valence-corrected chi connectivity index (χ4v) is 3.98. The van der Waals surface area contributed by atoms with Gasteiger partial charge in [0, 0.05) is 12.1 Å². The van der Waals surface area contributed by atoms with E-state index in [2.05, 4.69) is 22.1 Å². The molecule has 1 aromatic heterocycles. The molecule has 3 fully saturated rings. The highest BCUT2D eigenvalue weighted by Crippen LogP contribution is 2.33. The summed E-state index contributed by atoms with van der Waals surface area (Å²) >= 11 is 6.05. The number of rotatable bonds is 4. The third-order valence-corrected chi connectivity index (χ3v) is 5.51. The lowest BCUT2D eigenvalue weighted by atomic mass is 9.79. The maximum Gasteiger partial charge on any atom is 0.311 e. The minimum atomic E-state index is -0.306. The molecule has 3 aliphatic heterocycles. The molecule has 1 aromatic carbocycles. The molecule has 1 amide bonds. The van der Waals surface area contributed by atoms with Crippen molar-refractivity contribution < 1.29 is 13.9 Å². The number of nitrogens with one attached hydrogen (secondary N) is 1. The zero-order valence-corrected chi connectivity index (χ0v) is 14.7. The van der Waals surface area contributed by atoms with Gasteiger partial charge in [0.1, 0.15) is 11.9 Å². The summed E-state index contributed by atoms with van der Waals surface area (Å²) < 4.78 is 11.0. The molecule has 3 aliphatic rings. The van der Waals surface area contributed by atoms with Crippen LogP contribution in [0.4, 0.5) is 0 Å². The second-order valence-corrected chi connectivity index (χ2v) is 7.04. The smallest absolute Gasteiger partial charge is 0.311 e. The van der Waals surface area contributed by atoms with Crippen molar-refractivity contribution in [3.63, 3.8) is 0 Å². The molecule has 6 nitrogen and oxygen atoms in total. The standard InChI is InChI=1S/C18H20ClN3O3/c1-11-16(12-6-8-22(11)9-7-12)21-17(23)18-20-10-15(25-18)24-14-5-3-2-4-13(14)19/h2-5,10-12,16H,6-9H2,1H3,(H,21,23). The van der Waals surface area contributed by atoms with Gasteiger partial charge in [-0.1, -0.05) is 23.7 Å². The number of amides is 1. The number of fused-ring (bicyclic) bond motifs is 3. The van der Waals surface area contributed by atoms with Crippen molar-refractivity contribution >= 4 is 17.5 Å². The quantitative estimate of drug-likeness (QED) is 0.904. The molecular formula is C18H20ClN3O3. The fraction of sp³-hybridized carbons (Fsp3) is 0.444. The van der Waals surface area contributed by atoms with Crippen molar-refractivity contribution in [2.45, 2.75) is 31.8 Å². The molecule has 2 bridgehead atoms. The Morgan fingerprint density at radius 1 is 1.36 bits per heavy atom. The Morgan fingerprint density at radius 2 is 2.12 bits per heavy atom. The van der Waals surface area contributed by atoms with Crippen molar-refractivity contribution in [3.8, 4) is 11.7 Å². The van der Waals surface area contributed by atoms with E-state index in [-0.39, 0.29) is 23.8 Å². The van der Waals surface area contributed by atoms with Crippen molar-refractivity contribution in [1.29, 1.82) is 0 Å². The van der Waals surface area contributed by atoms with Crippen LogP contribution in [0.15, 0.2) is 34.9 Å². The van der Waals surface area contributed by atoms with E-state index >= 15 is 0 Å². The molecule has 2 atom stereocenters. The molecule has 5 rings (SSSR count). The van der Waals surface area contributed by atoms with E-state index in [0.29, 0.717) is 22.7 Å². The Bertz CT molecular complexity index is 768. The van der Waals surface area contributed by atoms with Crippen LogP contribution in [0.2, 0.25) is 5.02 Å². The topological polar surface area (TPSA) is 67.6 Å². The molecule has 4 heterocycles. The van der Waals surface area contributed by atoms with Crippen LogP contribution in [-0.4, -0.2) is 41.0 Å². The highest BCUT2D eigenvalue weighted by molar-refractivity contribution is 6.32. The van der Waals surface area contributed by atoms with E-state index < -0.39 is 0 Å².